The molecule has 0 radical (unpaired) electrons. The summed E-state index contributed by atoms with van der Waals surface area (Å²) in [6.07, 6.45) is 4.68. The van der Waals surface area contributed by atoms with Crippen molar-refractivity contribution in [2.45, 2.75) is 37.3 Å². The molecule has 0 aromatic rings. The summed E-state index contributed by atoms with van der Waals surface area (Å²) >= 11 is 0. The van der Waals surface area contributed by atoms with Crippen molar-refractivity contribution in [2.75, 3.05) is 26.4 Å². The van der Waals surface area contributed by atoms with Crippen molar-refractivity contribution in [2.24, 2.45) is 23.7 Å². The van der Waals surface area contributed by atoms with Crippen LogP contribution in [-0.2, 0) is 18.9 Å². The van der Waals surface area contributed by atoms with Crippen LogP contribution in [0.5, 0.6) is 0 Å². The topological polar surface area (TPSA) is 36.9 Å². The first kappa shape index (κ1) is 10.6. The molecule has 5 aliphatic rings. The van der Waals surface area contributed by atoms with Gasteiger partial charge in [-0.05, 0) is 24.7 Å². The highest BCUT2D eigenvalue weighted by molar-refractivity contribution is 5.16. The summed E-state index contributed by atoms with van der Waals surface area (Å²) in [5.41, 5.74) is 0. The lowest BCUT2D eigenvalue weighted by Crippen LogP contribution is -2.58. The molecule has 0 unspecified atom stereocenters. The second-order valence-corrected chi connectivity index (χ2v) is 6.47. The summed E-state index contributed by atoms with van der Waals surface area (Å²) in [6.45, 7) is 3.04. The highest BCUT2D eigenvalue weighted by atomic mass is 16.7. The van der Waals surface area contributed by atoms with E-state index in [1.54, 1.807) is 0 Å². The Hall–Kier alpha value is -0.160. The summed E-state index contributed by atoms with van der Waals surface area (Å²) < 4.78 is 24.1. The molecule has 2 spiro atoms. The molecule has 0 aromatic heterocycles. The fourth-order valence-electron chi connectivity index (χ4n) is 5.59. The maximum absolute atomic E-state index is 6.01. The largest absolute Gasteiger partial charge is 0.347 e. The highest BCUT2D eigenvalue weighted by Crippen LogP contribution is 2.70. The average molecular weight is 252 g/mol. The normalized spacial score (nSPS) is 50.7. The first-order valence-electron chi connectivity index (χ1n) is 7.41. The van der Waals surface area contributed by atoms with Gasteiger partial charge in [-0.2, -0.15) is 0 Å². The van der Waals surface area contributed by atoms with E-state index in [4.69, 9.17) is 18.9 Å². The van der Waals surface area contributed by atoms with Crippen molar-refractivity contribution >= 4 is 0 Å². The molecule has 5 fully saturated rings. The van der Waals surface area contributed by atoms with Gasteiger partial charge in [0.25, 0.3) is 0 Å². The van der Waals surface area contributed by atoms with Crippen LogP contribution in [0.4, 0.5) is 0 Å². The molecule has 0 N–H and O–H groups in total. The van der Waals surface area contributed by atoms with Crippen LogP contribution in [0.1, 0.15) is 25.7 Å². The first-order valence-corrected chi connectivity index (χ1v) is 7.41. The standard InChI is InChI=1S/C14H20O4/c1-3-13(15-5-6-16-13)11-9(1)10-2-4-14(12(10)11)17-7-8-18-14/h9-12H,1-8H2/t9-,10-,11+,12+/m1/s1. The zero-order valence-electron chi connectivity index (χ0n) is 10.6. The van der Waals surface area contributed by atoms with Crippen LogP contribution in [0.3, 0.4) is 0 Å². The van der Waals surface area contributed by atoms with Gasteiger partial charge in [-0.25, -0.2) is 0 Å². The van der Waals surface area contributed by atoms with E-state index < -0.39 is 0 Å². The van der Waals surface area contributed by atoms with E-state index >= 15 is 0 Å². The van der Waals surface area contributed by atoms with Crippen molar-refractivity contribution in [1.82, 2.24) is 0 Å². The predicted octanol–water partition coefficient (Wildman–Crippen LogP) is 1.54. The molecule has 100 valence electrons. The molecule has 5 rings (SSSR count). The monoisotopic (exact) mass is 252 g/mol. The van der Waals surface area contributed by atoms with Crippen LogP contribution in [-0.4, -0.2) is 38.0 Å². The number of rotatable bonds is 0. The van der Waals surface area contributed by atoms with Gasteiger partial charge in [0, 0.05) is 24.7 Å². The number of hydrogen-bond donors (Lipinski definition) is 0. The maximum Gasteiger partial charge on any atom is 0.172 e. The van der Waals surface area contributed by atoms with Gasteiger partial charge in [-0.3, -0.25) is 0 Å². The number of fused-ring (bicyclic) bond motifs is 6. The van der Waals surface area contributed by atoms with Crippen molar-refractivity contribution in [3.8, 4) is 0 Å². The van der Waals surface area contributed by atoms with Gasteiger partial charge in [0.1, 0.15) is 0 Å². The third kappa shape index (κ3) is 1.04. The minimum absolute atomic E-state index is 0.279. The summed E-state index contributed by atoms with van der Waals surface area (Å²) in [4.78, 5) is 0. The smallest absolute Gasteiger partial charge is 0.172 e. The first-order chi connectivity index (χ1) is 8.85. The fraction of sp³-hybridized carbons (Fsp3) is 1.00. The van der Waals surface area contributed by atoms with E-state index in [2.05, 4.69) is 0 Å². The molecule has 0 amide bonds. The van der Waals surface area contributed by atoms with Crippen LogP contribution >= 0.6 is 0 Å². The Morgan fingerprint density at radius 2 is 1.00 bits per heavy atom. The second-order valence-electron chi connectivity index (χ2n) is 6.47. The second kappa shape index (κ2) is 3.29. The predicted molar refractivity (Wildman–Crippen MR) is 61.7 cm³/mol. The minimum atomic E-state index is -0.279. The molecule has 4 heteroatoms. The van der Waals surface area contributed by atoms with Gasteiger partial charge in [0.05, 0.1) is 26.4 Å². The van der Waals surface area contributed by atoms with Crippen LogP contribution in [0.25, 0.3) is 0 Å². The molecule has 18 heavy (non-hydrogen) atoms. The number of hydrogen-bond acceptors (Lipinski definition) is 4. The molecular weight excluding hydrogens is 232 g/mol. The molecule has 3 saturated carbocycles. The zero-order valence-corrected chi connectivity index (χ0v) is 10.6. The lowest BCUT2D eigenvalue weighted by Gasteiger charge is -2.53. The lowest BCUT2D eigenvalue weighted by molar-refractivity contribution is -0.289. The zero-order chi connectivity index (χ0) is 11.8. The van der Waals surface area contributed by atoms with Crippen LogP contribution in [0.15, 0.2) is 0 Å². The highest BCUT2D eigenvalue weighted by Gasteiger charge is 2.74. The summed E-state index contributed by atoms with van der Waals surface area (Å²) in [7, 11) is 0. The Morgan fingerprint density at radius 1 is 0.611 bits per heavy atom. The Morgan fingerprint density at radius 3 is 1.39 bits per heavy atom. The molecule has 3 aliphatic carbocycles. The molecular formula is C14H20O4. The quantitative estimate of drug-likeness (QED) is 0.655. The SMILES string of the molecule is C1COC2(CC[C@@H]3[C@H]4CCC5(OCCO5)[C@@H]4[C@H]32)O1. The average Bonchev–Trinajstić information content (AvgIpc) is 3.06. The van der Waals surface area contributed by atoms with Gasteiger partial charge in [0.2, 0.25) is 0 Å². The van der Waals surface area contributed by atoms with Crippen molar-refractivity contribution < 1.29 is 18.9 Å². The van der Waals surface area contributed by atoms with E-state index in [9.17, 15) is 0 Å². The molecule has 2 aliphatic heterocycles. The van der Waals surface area contributed by atoms with Gasteiger partial charge in [0.15, 0.2) is 11.6 Å². The van der Waals surface area contributed by atoms with E-state index in [1.165, 1.54) is 12.8 Å². The third-order valence-corrected chi connectivity index (χ3v) is 6.08. The van der Waals surface area contributed by atoms with E-state index in [0.717, 1.165) is 51.1 Å². The summed E-state index contributed by atoms with van der Waals surface area (Å²) in [5.74, 6) is 2.06. The van der Waals surface area contributed by atoms with E-state index in [1.807, 2.05) is 0 Å². The fourth-order valence-corrected chi connectivity index (χ4v) is 5.59. The van der Waals surface area contributed by atoms with Crippen LogP contribution in [0.2, 0.25) is 0 Å². The minimum Gasteiger partial charge on any atom is -0.347 e. The third-order valence-electron chi connectivity index (χ3n) is 6.08. The van der Waals surface area contributed by atoms with Crippen molar-refractivity contribution in [3.63, 3.8) is 0 Å². The Balaban J connectivity index is 1.51. The van der Waals surface area contributed by atoms with Crippen LogP contribution in [0, 0.1) is 23.7 Å². The Kier molecular flexibility index (Phi) is 1.94. The summed E-state index contributed by atoms with van der Waals surface area (Å²) in [6, 6.07) is 0. The van der Waals surface area contributed by atoms with Gasteiger partial charge >= 0.3 is 0 Å². The van der Waals surface area contributed by atoms with Crippen molar-refractivity contribution in [3.05, 3.63) is 0 Å². The molecule has 0 aromatic carbocycles. The van der Waals surface area contributed by atoms with Gasteiger partial charge in [-0.15, -0.1) is 0 Å². The number of ether oxygens (including phenoxy) is 4. The van der Waals surface area contributed by atoms with Crippen molar-refractivity contribution in [1.29, 1.82) is 0 Å². The summed E-state index contributed by atoms with van der Waals surface area (Å²) in [5, 5.41) is 0. The van der Waals surface area contributed by atoms with Gasteiger partial charge < -0.3 is 18.9 Å². The maximum atomic E-state index is 6.01. The van der Waals surface area contributed by atoms with Crippen LogP contribution < -0.4 is 0 Å². The molecule has 4 atom stereocenters. The molecule has 2 heterocycles. The Bertz CT molecular complexity index is 334. The van der Waals surface area contributed by atoms with Gasteiger partial charge in [-0.1, -0.05) is 0 Å². The molecule has 4 nitrogen and oxygen atoms in total. The van der Waals surface area contributed by atoms with E-state index in [-0.39, 0.29) is 11.6 Å². The lowest BCUT2D eigenvalue weighted by atomic mass is 9.57. The molecule has 0 bridgehead atoms. The Labute approximate surface area is 107 Å². The van der Waals surface area contributed by atoms with E-state index in [0.29, 0.717) is 11.8 Å². The molecule has 2 saturated heterocycles.